The number of hydrogen-bond donors (Lipinski definition) is 2. The highest BCUT2D eigenvalue weighted by Crippen LogP contribution is 2.31. The fraction of sp³-hybridized carbons (Fsp3) is 0.833. The molecule has 3 N–H and O–H groups in total. The molecule has 1 aromatic heterocycles. The number of rotatable bonds is 8. The zero-order chi connectivity index (χ0) is 16.8. The monoisotopic (exact) mass is 336 g/mol. The molecule has 6 heteroatoms. The highest BCUT2D eigenvalue weighted by Gasteiger charge is 2.28. The Bertz CT molecular complexity index is 519. The minimum Gasteiger partial charge on any atom is -0.339 e. The first-order valence-electron chi connectivity index (χ1n) is 9.53. The molecular formula is C18H30N3O3+. The number of aromatic nitrogens is 2. The van der Waals surface area contributed by atoms with Gasteiger partial charge in [0.1, 0.15) is 6.42 Å². The van der Waals surface area contributed by atoms with Crippen LogP contribution in [0.4, 0.5) is 0 Å². The van der Waals surface area contributed by atoms with Crippen LogP contribution in [0.5, 0.6) is 0 Å². The molecule has 2 aliphatic rings. The van der Waals surface area contributed by atoms with E-state index >= 15 is 0 Å². The van der Waals surface area contributed by atoms with Gasteiger partial charge in [-0.1, -0.05) is 50.1 Å². The lowest BCUT2D eigenvalue weighted by atomic mass is 9.84. The van der Waals surface area contributed by atoms with E-state index in [4.69, 9.17) is 4.52 Å². The van der Waals surface area contributed by atoms with E-state index in [1.54, 1.807) is 0 Å². The van der Waals surface area contributed by atoms with E-state index in [0.29, 0.717) is 11.7 Å². The van der Waals surface area contributed by atoms with Crippen molar-refractivity contribution < 1.29 is 14.4 Å². The lowest BCUT2D eigenvalue weighted by Crippen LogP contribution is -2.14. The van der Waals surface area contributed by atoms with E-state index in [-0.39, 0.29) is 18.4 Å². The van der Waals surface area contributed by atoms with Crippen LogP contribution in [0.3, 0.4) is 0 Å². The first-order valence-corrected chi connectivity index (χ1v) is 9.53. The Balaban J connectivity index is 1.55. The number of carboxylic acid groups (broad SMARTS) is 1. The van der Waals surface area contributed by atoms with Crippen LogP contribution in [0.25, 0.3) is 0 Å². The number of aliphatic carboxylic acids is 1. The molecule has 2 fully saturated rings. The molecular weight excluding hydrogens is 306 g/mol. The van der Waals surface area contributed by atoms with Gasteiger partial charge in [0.25, 0.3) is 0 Å². The molecule has 6 nitrogen and oxygen atoms in total. The van der Waals surface area contributed by atoms with E-state index in [9.17, 15) is 9.90 Å². The Labute approximate surface area is 143 Å². The van der Waals surface area contributed by atoms with Crippen molar-refractivity contribution >= 4 is 5.97 Å². The van der Waals surface area contributed by atoms with E-state index in [0.717, 1.165) is 38.1 Å². The Kier molecular flexibility index (Phi) is 6.24. The van der Waals surface area contributed by atoms with Crippen LogP contribution in [0.1, 0.15) is 94.3 Å². The predicted octanol–water partition coefficient (Wildman–Crippen LogP) is 3.78. The van der Waals surface area contributed by atoms with Gasteiger partial charge in [0.15, 0.2) is 5.82 Å². The lowest BCUT2D eigenvalue weighted by molar-refractivity contribution is 0.304. The van der Waals surface area contributed by atoms with Gasteiger partial charge in [0.05, 0.1) is 12.0 Å². The van der Waals surface area contributed by atoms with Gasteiger partial charge in [-0.15, -0.1) is 0 Å². The number of hydrogen-bond acceptors (Lipinski definition) is 4. The second-order valence-corrected chi connectivity index (χ2v) is 7.39. The Morgan fingerprint density at radius 2 is 2.08 bits per heavy atom. The zero-order valence-electron chi connectivity index (χ0n) is 14.4. The summed E-state index contributed by atoms with van der Waals surface area (Å²) < 4.78 is 5.45. The van der Waals surface area contributed by atoms with Crippen LogP contribution in [-0.4, -0.2) is 32.6 Å². The first kappa shape index (κ1) is 17.4. The van der Waals surface area contributed by atoms with Gasteiger partial charge in [-0.25, -0.2) is 0 Å². The molecule has 1 aromatic rings. The van der Waals surface area contributed by atoms with Crippen LogP contribution in [0, 0.1) is 5.92 Å². The lowest BCUT2D eigenvalue weighted by Gasteiger charge is -2.21. The number of nitrogens with one attached hydrogen (secondary N) is 1. The van der Waals surface area contributed by atoms with Crippen molar-refractivity contribution in [3.05, 3.63) is 11.7 Å². The topological polar surface area (TPSA) is 92.6 Å². The average molecular weight is 336 g/mol. The molecule has 1 aliphatic heterocycles. The minimum absolute atomic E-state index is 0.0961. The fourth-order valence-corrected chi connectivity index (χ4v) is 4.12. The van der Waals surface area contributed by atoms with Crippen molar-refractivity contribution in [2.24, 2.45) is 5.92 Å². The normalized spacial score (nSPS) is 23.4. The van der Waals surface area contributed by atoms with Gasteiger partial charge >= 0.3 is 5.97 Å². The third-order valence-electron chi connectivity index (χ3n) is 5.50. The van der Waals surface area contributed by atoms with Crippen LogP contribution in [-0.2, 0) is 0 Å². The Morgan fingerprint density at radius 3 is 2.79 bits per heavy atom. The van der Waals surface area contributed by atoms with Crippen LogP contribution < -0.4 is 5.32 Å². The van der Waals surface area contributed by atoms with Crippen molar-refractivity contribution in [1.29, 1.82) is 0 Å². The van der Waals surface area contributed by atoms with Gasteiger partial charge in [-0.2, -0.15) is 4.98 Å². The van der Waals surface area contributed by atoms with Crippen molar-refractivity contribution in [2.45, 2.75) is 82.6 Å². The van der Waals surface area contributed by atoms with Crippen molar-refractivity contribution in [1.82, 2.24) is 15.5 Å². The molecule has 0 amide bonds. The molecule has 1 aliphatic carbocycles. The van der Waals surface area contributed by atoms with Crippen LogP contribution in [0.2, 0.25) is 0 Å². The van der Waals surface area contributed by atoms with Crippen molar-refractivity contribution in [3.8, 4) is 0 Å². The van der Waals surface area contributed by atoms with Crippen LogP contribution >= 0.6 is 0 Å². The van der Waals surface area contributed by atoms with E-state index in [1.165, 1.54) is 38.5 Å². The largest absolute Gasteiger partial charge is 0.481 e. The summed E-state index contributed by atoms with van der Waals surface area (Å²) in [6, 6.07) is 0.178. The number of aliphatic hydroxyl groups excluding tert-OH is 1. The summed E-state index contributed by atoms with van der Waals surface area (Å²) in [5.41, 5.74) is 0. The predicted molar refractivity (Wildman–Crippen MR) is 91.6 cm³/mol. The molecule has 1 unspecified atom stereocenters. The van der Waals surface area contributed by atoms with Crippen molar-refractivity contribution in [2.75, 3.05) is 6.54 Å². The summed E-state index contributed by atoms with van der Waals surface area (Å²) in [5.74, 6) is 1.45. The second-order valence-electron chi connectivity index (χ2n) is 7.39. The Hall–Kier alpha value is -1.43. The molecule has 0 spiro atoms. The zero-order valence-corrected chi connectivity index (χ0v) is 14.4. The summed E-state index contributed by atoms with van der Waals surface area (Å²) in [5, 5.41) is 16.8. The third-order valence-corrected chi connectivity index (χ3v) is 5.50. The maximum atomic E-state index is 9.32. The molecule has 0 aromatic carbocycles. The fourth-order valence-electron chi connectivity index (χ4n) is 4.12. The SMILES string of the molecule is OC(=[OH+])C[C@@H](CCCC1CCCCC1)c1nc(C2CCCN2)no1. The molecule has 0 radical (unpaired) electrons. The average Bonchev–Trinajstić information content (AvgIpc) is 3.26. The highest BCUT2D eigenvalue weighted by atomic mass is 16.5. The summed E-state index contributed by atoms with van der Waals surface area (Å²) in [6.07, 6.45) is 12.3. The molecule has 2 atom stereocenters. The summed E-state index contributed by atoms with van der Waals surface area (Å²) in [6.45, 7) is 0.991. The second kappa shape index (κ2) is 8.60. The smallest absolute Gasteiger partial charge is 0.339 e. The molecule has 1 saturated carbocycles. The highest BCUT2D eigenvalue weighted by molar-refractivity contribution is 5.68. The molecule has 1 saturated heterocycles. The number of nitrogens with zero attached hydrogens (tertiary/aromatic N) is 2. The molecule has 24 heavy (non-hydrogen) atoms. The molecule has 0 bridgehead atoms. The maximum absolute atomic E-state index is 9.32. The standard InChI is InChI=1S/C18H29N3O3/c22-16(23)12-14(9-4-8-13-6-2-1-3-7-13)18-20-17(21-24-18)15-10-5-11-19-15/h13-15,19H,1-12H2,(H,22,23)/p+1/t14-,15?/m1/s1. The quantitative estimate of drug-likeness (QED) is 0.705. The van der Waals surface area contributed by atoms with Gasteiger partial charge in [-0.3, -0.25) is 0 Å². The van der Waals surface area contributed by atoms with E-state index < -0.39 is 5.97 Å². The molecule has 2 heterocycles. The van der Waals surface area contributed by atoms with E-state index in [2.05, 4.69) is 15.5 Å². The maximum Gasteiger partial charge on any atom is 0.481 e. The number of carboxylic acids is 1. The Morgan fingerprint density at radius 1 is 1.25 bits per heavy atom. The van der Waals surface area contributed by atoms with Gasteiger partial charge in [0, 0.05) is 0 Å². The van der Waals surface area contributed by atoms with Gasteiger partial charge in [-0.05, 0) is 31.7 Å². The first-order chi connectivity index (χ1) is 11.7. The summed E-state index contributed by atoms with van der Waals surface area (Å²) in [7, 11) is 0. The van der Waals surface area contributed by atoms with Crippen LogP contribution in [0.15, 0.2) is 4.52 Å². The molecule has 134 valence electrons. The van der Waals surface area contributed by atoms with Crippen molar-refractivity contribution in [3.63, 3.8) is 0 Å². The summed E-state index contributed by atoms with van der Waals surface area (Å²) in [4.78, 5) is 13.9. The summed E-state index contributed by atoms with van der Waals surface area (Å²) >= 11 is 0. The minimum atomic E-state index is -0.545. The van der Waals surface area contributed by atoms with Gasteiger partial charge in [0.2, 0.25) is 5.89 Å². The molecule has 3 rings (SSSR count). The van der Waals surface area contributed by atoms with E-state index in [1.807, 2.05) is 0 Å². The van der Waals surface area contributed by atoms with Gasteiger partial charge < -0.3 is 19.7 Å². The third kappa shape index (κ3) is 4.79.